The van der Waals surface area contributed by atoms with Gasteiger partial charge in [-0.15, -0.1) is 0 Å². The van der Waals surface area contributed by atoms with Crippen LogP contribution in [0.5, 0.6) is 0 Å². The molecule has 0 aliphatic carbocycles. The lowest BCUT2D eigenvalue weighted by atomic mass is 10.2. The Morgan fingerprint density at radius 1 is 1.38 bits per heavy atom. The molecule has 0 saturated heterocycles. The number of hydrogen-bond acceptors (Lipinski definition) is 2. The zero-order chi connectivity index (χ0) is 11.8. The van der Waals surface area contributed by atoms with E-state index < -0.39 is 0 Å². The maximum absolute atomic E-state index is 11.3. The standard InChI is InChI=1S/C12H17N3O/c1-2-8-14-11(16)9-15-12(13)10-6-4-3-5-7-10/h3-7H,2,8-9H2,1H3,(H2,13,15)(H,14,16). The molecule has 1 aromatic rings. The van der Waals surface area contributed by atoms with Crippen molar-refractivity contribution in [2.24, 2.45) is 10.7 Å². The average molecular weight is 219 g/mol. The van der Waals surface area contributed by atoms with E-state index in [4.69, 9.17) is 5.73 Å². The van der Waals surface area contributed by atoms with Crippen molar-refractivity contribution in [3.63, 3.8) is 0 Å². The minimum Gasteiger partial charge on any atom is -0.383 e. The lowest BCUT2D eigenvalue weighted by Gasteiger charge is -2.02. The molecule has 0 heterocycles. The monoisotopic (exact) mass is 219 g/mol. The first kappa shape index (κ1) is 12.2. The molecule has 4 nitrogen and oxygen atoms in total. The number of carbonyl (C=O) groups excluding carboxylic acids is 1. The van der Waals surface area contributed by atoms with Crippen molar-refractivity contribution in [3.05, 3.63) is 35.9 Å². The highest BCUT2D eigenvalue weighted by molar-refractivity contribution is 5.98. The second-order valence-corrected chi connectivity index (χ2v) is 3.42. The zero-order valence-electron chi connectivity index (χ0n) is 9.44. The van der Waals surface area contributed by atoms with Gasteiger partial charge in [-0.2, -0.15) is 0 Å². The maximum Gasteiger partial charge on any atom is 0.241 e. The number of hydrogen-bond donors (Lipinski definition) is 2. The van der Waals surface area contributed by atoms with E-state index in [9.17, 15) is 4.79 Å². The Bertz CT molecular complexity index is 360. The molecule has 1 rings (SSSR count). The van der Waals surface area contributed by atoms with Gasteiger partial charge in [-0.3, -0.25) is 9.79 Å². The summed E-state index contributed by atoms with van der Waals surface area (Å²) in [5, 5.41) is 2.74. The van der Waals surface area contributed by atoms with E-state index in [0.29, 0.717) is 12.4 Å². The summed E-state index contributed by atoms with van der Waals surface area (Å²) >= 11 is 0. The number of nitrogens with zero attached hydrogens (tertiary/aromatic N) is 1. The second-order valence-electron chi connectivity index (χ2n) is 3.42. The van der Waals surface area contributed by atoms with Crippen LogP contribution in [0.1, 0.15) is 18.9 Å². The molecule has 0 fully saturated rings. The largest absolute Gasteiger partial charge is 0.383 e. The molecule has 0 bridgehead atoms. The smallest absolute Gasteiger partial charge is 0.241 e. The number of amidine groups is 1. The summed E-state index contributed by atoms with van der Waals surface area (Å²) in [5.41, 5.74) is 6.58. The van der Waals surface area contributed by atoms with Crippen LogP contribution in [0.2, 0.25) is 0 Å². The van der Waals surface area contributed by atoms with Crippen molar-refractivity contribution in [2.75, 3.05) is 13.1 Å². The Balaban J connectivity index is 2.48. The molecule has 3 N–H and O–H groups in total. The predicted molar refractivity (Wildman–Crippen MR) is 65.3 cm³/mol. The fourth-order valence-corrected chi connectivity index (χ4v) is 1.18. The van der Waals surface area contributed by atoms with Gasteiger partial charge in [-0.1, -0.05) is 37.3 Å². The molecule has 0 saturated carbocycles. The molecule has 4 heteroatoms. The molecule has 0 radical (unpaired) electrons. The molecule has 0 spiro atoms. The highest BCUT2D eigenvalue weighted by Crippen LogP contribution is 1.97. The normalized spacial score (nSPS) is 11.2. The summed E-state index contributed by atoms with van der Waals surface area (Å²) in [5.74, 6) is 0.299. The number of benzene rings is 1. The Kier molecular flexibility index (Phi) is 5.05. The molecule has 0 aliphatic heterocycles. The third kappa shape index (κ3) is 4.13. The van der Waals surface area contributed by atoms with Gasteiger partial charge in [0, 0.05) is 12.1 Å². The summed E-state index contributed by atoms with van der Waals surface area (Å²) < 4.78 is 0. The van der Waals surface area contributed by atoms with Gasteiger partial charge in [0.05, 0.1) is 0 Å². The van der Waals surface area contributed by atoms with Gasteiger partial charge < -0.3 is 11.1 Å². The van der Waals surface area contributed by atoms with Crippen LogP contribution in [0.25, 0.3) is 0 Å². The lowest BCUT2D eigenvalue weighted by molar-refractivity contribution is -0.119. The third-order valence-electron chi connectivity index (χ3n) is 2.03. The molecule has 0 atom stereocenters. The van der Waals surface area contributed by atoms with E-state index in [1.165, 1.54) is 0 Å². The Hall–Kier alpha value is -1.84. The summed E-state index contributed by atoms with van der Waals surface area (Å²) in [6.07, 6.45) is 0.920. The average Bonchev–Trinajstić information content (AvgIpc) is 2.34. The van der Waals surface area contributed by atoms with Crippen molar-refractivity contribution < 1.29 is 4.79 Å². The summed E-state index contributed by atoms with van der Waals surface area (Å²) in [6, 6.07) is 9.40. The maximum atomic E-state index is 11.3. The Morgan fingerprint density at radius 3 is 2.69 bits per heavy atom. The molecular formula is C12H17N3O. The number of carbonyl (C=O) groups is 1. The third-order valence-corrected chi connectivity index (χ3v) is 2.03. The van der Waals surface area contributed by atoms with Crippen LogP contribution in [0.3, 0.4) is 0 Å². The lowest BCUT2D eigenvalue weighted by Crippen LogP contribution is -2.27. The molecule has 1 amide bonds. The Morgan fingerprint density at radius 2 is 2.06 bits per heavy atom. The first-order valence-electron chi connectivity index (χ1n) is 5.36. The van der Waals surface area contributed by atoms with E-state index >= 15 is 0 Å². The van der Waals surface area contributed by atoms with Gasteiger partial charge in [0.2, 0.25) is 5.91 Å². The zero-order valence-corrected chi connectivity index (χ0v) is 9.44. The quantitative estimate of drug-likeness (QED) is 0.571. The number of nitrogens with two attached hydrogens (primary N) is 1. The van der Waals surface area contributed by atoms with Gasteiger partial charge in [-0.25, -0.2) is 0 Å². The summed E-state index contributed by atoms with van der Waals surface area (Å²) in [6.45, 7) is 2.77. The number of nitrogens with one attached hydrogen (secondary N) is 1. The predicted octanol–water partition coefficient (Wildman–Crippen LogP) is 0.918. The number of aliphatic imine (C=N–C) groups is 1. The second kappa shape index (κ2) is 6.61. The fourth-order valence-electron chi connectivity index (χ4n) is 1.18. The van der Waals surface area contributed by atoms with Gasteiger partial charge in [0.25, 0.3) is 0 Å². The summed E-state index contributed by atoms with van der Waals surface area (Å²) in [7, 11) is 0. The van der Waals surface area contributed by atoms with Crippen LogP contribution in [-0.4, -0.2) is 24.8 Å². The van der Waals surface area contributed by atoms with Gasteiger partial charge >= 0.3 is 0 Å². The van der Waals surface area contributed by atoms with Crippen LogP contribution < -0.4 is 11.1 Å². The van der Waals surface area contributed by atoms with Crippen molar-refractivity contribution in [2.45, 2.75) is 13.3 Å². The van der Waals surface area contributed by atoms with E-state index in [0.717, 1.165) is 12.0 Å². The topological polar surface area (TPSA) is 67.5 Å². The minimum atomic E-state index is -0.0965. The van der Waals surface area contributed by atoms with E-state index in [1.54, 1.807) is 0 Å². The van der Waals surface area contributed by atoms with E-state index in [2.05, 4.69) is 10.3 Å². The summed E-state index contributed by atoms with van der Waals surface area (Å²) in [4.78, 5) is 15.3. The molecule has 0 aromatic heterocycles. The van der Waals surface area contributed by atoms with Gasteiger partial charge in [0.15, 0.2) is 0 Å². The van der Waals surface area contributed by atoms with Crippen LogP contribution >= 0.6 is 0 Å². The van der Waals surface area contributed by atoms with Gasteiger partial charge in [0.1, 0.15) is 12.4 Å². The van der Waals surface area contributed by atoms with E-state index in [-0.39, 0.29) is 12.5 Å². The molecule has 1 aromatic carbocycles. The Labute approximate surface area is 95.6 Å². The van der Waals surface area contributed by atoms with E-state index in [1.807, 2.05) is 37.3 Å². The molecular weight excluding hydrogens is 202 g/mol. The fraction of sp³-hybridized carbons (Fsp3) is 0.333. The molecule has 0 unspecified atom stereocenters. The van der Waals surface area contributed by atoms with Crippen LogP contribution in [0.15, 0.2) is 35.3 Å². The van der Waals surface area contributed by atoms with Crippen molar-refractivity contribution in [3.8, 4) is 0 Å². The minimum absolute atomic E-state index is 0.0841. The van der Waals surface area contributed by atoms with Gasteiger partial charge in [-0.05, 0) is 6.42 Å². The SMILES string of the molecule is CCCNC(=O)CN=C(N)c1ccccc1. The number of amides is 1. The van der Waals surface area contributed by atoms with Crippen LogP contribution in [0, 0.1) is 0 Å². The first-order chi connectivity index (χ1) is 7.74. The first-order valence-corrected chi connectivity index (χ1v) is 5.36. The highest BCUT2D eigenvalue weighted by atomic mass is 16.1. The van der Waals surface area contributed by atoms with Crippen molar-refractivity contribution >= 4 is 11.7 Å². The highest BCUT2D eigenvalue weighted by Gasteiger charge is 2.00. The van der Waals surface area contributed by atoms with Crippen LogP contribution in [-0.2, 0) is 4.79 Å². The molecule has 0 aliphatic rings. The van der Waals surface area contributed by atoms with Crippen molar-refractivity contribution in [1.29, 1.82) is 0 Å². The molecule has 16 heavy (non-hydrogen) atoms. The molecule has 86 valence electrons. The van der Waals surface area contributed by atoms with Crippen molar-refractivity contribution in [1.82, 2.24) is 5.32 Å². The van der Waals surface area contributed by atoms with Crippen LogP contribution in [0.4, 0.5) is 0 Å². The number of rotatable bonds is 5.